The number of ether oxygens (including phenoxy) is 1. The minimum atomic E-state index is -0.107. The van der Waals surface area contributed by atoms with Crippen LogP contribution in [0.25, 0.3) is 16.9 Å². The predicted octanol–water partition coefficient (Wildman–Crippen LogP) is 3.52. The molecular formula is C21H25ClN4O2. The van der Waals surface area contributed by atoms with Gasteiger partial charge in [0.25, 0.3) is 5.91 Å². The average molecular weight is 401 g/mol. The van der Waals surface area contributed by atoms with Crippen LogP contribution in [0, 0.1) is 0 Å². The lowest BCUT2D eigenvalue weighted by Gasteiger charge is -2.12. The van der Waals surface area contributed by atoms with E-state index in [1.807, 2.05) is 61.5 Å². The van der Waals surface area contributed by atoms with Crippen LogP contribution in [0.4, 0.5) is 0 Å². The van der Waals surface area contributed by atoms with Crippen LogP contribution in [0.1, 0.15) is 23.0 Å². The summed E-state index contributed by atoms with van der Waals surface area (Å²) in [7, 11) is 3.40. The normalized spacial score (nSPS) is 10.3. The van der Waals surface area contributed by atoms with Crippen LogP contribution in [-0.4, -0.2) is 41.3 Å². The van der Waals surface area contributed by atoms with Crippen molar-refractivity contribution in [2.45, 2.75) is 13.5 Å². The largest absolute Gasteiger partial charge is 0.497 e. The van der Waals surface area contributed by atoms with Crippen molar-refractivity contribution in [3.05, 3.63) is 65.9 Å². The van der Waals surface area contributed by atoms with Crippen LogP contribution >= 0.6 is 12.4 Å². The van der Waals surface area contributed by atoms with E-state index in [-0.39, 0.29) is 18.3 Å². The van der Waals surface area contributed by atoms with E-state index in [0.717, 1.165) is 28.3 Å². The first-order chi connectivity index (χ1) is 13.1. The second-order valence-electron chi connectivity index (χ2n) is 6.25. The molecule has 6 nitrogen and oxygen atoms in total. The Bertz CT molecular complexity index is 856. The summed E-state index contributed by atoms with van der Waals surface area (Å²) < 4.78 is 7.02. The number of hydrogen-bond acceptors (Lipinski definition) is 4. The molecule has 0 aliphatic carbocycles. The van der Waals surface area contributed by atoms with E-state index in [4.69, 9.17) is 10.5 Å². The Labute approximate surface area is 171 Å². The highest BCUT2D eigenvalue weighted by molar-refractivity contribution is 5.93. The molecule has 1 amide bonds. The summed E-state index contributed by atoms with van der Waals surface area (Å²) in [5.41, 5.74) is 9.83. The Morgan fingerprint density at radius 2 is 1.79 bits per heavy atom. The SMILES string of the molecule is CCN(C)C(=O)c1cc(-c2ccc(CN)cc2)n(-c2ccc(OC)cc2)n1.Cl. The van der Waals surface area contributed by atoms with Crippen molar-refractivity contribution in [3.63, 3.8) is 0 Å². The van der Waals surface area contributed by atoms with Crippen molar-refractivity contribution in [2.75, 3.05) is 20.7 Å². The van der Waals surface area contributed by atoms with E-state index in [2.05, 4.69) is 5.10 Å². The molecule has 7 heteroatoms. The molecule has 0 aliphatic heterocycles. The van der Waals surface area contributed by atoms with Crippen molar-refractivity contribution in [3.8, 4) is 22.7 Å². The molecule has 0 aliphatic rings. The number of halogens is 1. The Morgan fingerprint density at radius 1 is 1.14 bits per heavy atom. The molecule has 0 bridgehead atoms. The van der Waals surface area contributed by atoms with E-state index < -0.39 is 0 Å². The molecule has 2 N–H and O–H groups in total. The third kappa shape index (κ3) is 4.35. The Morgan fingerprint density at radius 3 is 2.32 bits per heavy atom. The van der Waals surface area contributed by atoms with Crippen molar-refractivity contribution < 1.29 is 9.53 Å². The number of aromatic nitrogens is 2. The summed E-state index contributed by atoms with van der Waals surface area (Å²) in [6.07, 6.45) is 0. The van der Waals surface area contributed by atoms with Gasteiger partial charge in [-0.15, -0.1) is 12.4 Å². The van der Waals surface area contributed by atoms with Gasteiger partial charge in [0.2, 0.25) is 0 Å². The molecule has 0 fully saturated rings. The fourth-order valence-electron chi connectivity index (χ4n) is 2.76. The van der Waals surface area contributed by atoms with Gasteiger partial charge in [-0.05, 0) is 42.8 Å². The van der Waals surface area contributed by atoms with Gasteiger partial charge in [0.1, 0.15) is 5.75 Å². The monoisotopic (exact) mass is 400 g/mol. The highest BCUT2D eigenvalue weighted by Gasteiger charge is 2.19. The van der Waals surface area contributed by atoms with E-state index in [0.29, 0.717) is 18.8 Å². The lowest BCUT2D eigenvalue weighted by Crippen LogP contribution is -2.26. The van der Waals surface area contributed by atoms with Gasteiger partial charge >= 0.3 is 0 Å². The van der Waals surface area contributed by atoms with Gasteiger partial charge in [-0.1, -0.05) is 24.3 Å². The van der Waals surface area contributed by atoms with Crippen LogP contribution in [0.2, 0.25) is 0 Å². The number of methoxy groups -OCH3 is 1. The summed E-state index contributed by atoms with van der Waals surface area (Å²) in [5.74, 6) is 0.659. The van der Waals surface area contributed by atoms with E-state index in [1.165, 1.54) is 0 Å². The lowest BCUT2D eigenvalue weighted by atomic mass is 10.1. The fourth-order valence-corrected chi connectivity index (χ4v) is 2.76. The van der Waals surface area contributed by atoms with Crippen molar-refractivity contribution in [1.82, 2.24) is 14.7 Å². The third-order valence-corrected chi connectivity index (χ3v) is 4.55. The maximum absolute atomic E-state index is 12.6. The first-order valence-corrected chi connectivity index (χ1v) is 8.86. The van der Waals surface area contributed by atoms with Crippen LogP contribution < -0.4 is 10.5 Å². The summed E-state index contributed by atoms with van der Waals surface area (Å²) in [6, 6.07) is 17.4. The molecule has 2 aromatic carbocycles. The third-order valence-electron chi connectivity index (χ3n) is 4.55. The van der Waals surface area contributed by atoms with Crippen molar-refractivity contribution in [2.24, 2.45) is 5.73 Å². The summed E-state index contributed by atoms with van der Waals surface area (Å²) in [6.45, 7) is 3.04. The maximum atomic E-state index is 12.6. The second kappa shape index (κ2) is 9.39. The number of nitrogens with two attached hydrogens (primary N) is 1. The zero-order chi connectivity index (χ0) is 19.4. The summed E-state index contributed by atoms with van der Waals surface area (Å²) in [4.78, 5) is 14.3. The molecule has 148 valence electrons. The van der Waals surface area contributed by atoms with Gasteiger partial charge in [0, 0.05) is 25.7 Å². The van der Waals surface area contributed by atoms with Gasteiger partial charge in [-0.2, -0.15) is 5.10 Å². The molecule has 3 aromatic rings. The summed E-state index contributed by atoms with van der Waals surface area (Å²) in [5, 5.41) is 4.58. The predicted molar refractivity (Wildman–Crippen MR) is 113 cm³/mol. The van der Waals surface area contributed by atoms with Gasteiger partial charge in [0.05, 0.1) is 18.5 Å². The molecule has 3 rings (SSSR count). The zero-order valence-corrected chi connectivity index (χ0v) is 17.1. The molecule has 0 atom stereocenters. The van der Waals surface area contributed by atoms with Gasteiger partial charge < -0.3 is 15.4 Å². The fraction of sp³-hybridized carbons (Fsp3) is 0.238. The van der Waals surface area contributed by atoms with Crippen LogP contribution in [0.5, 0.6) is 5.75 Å². The molecule has 28 heavy (non-hydrogen) atoms. The lowest BCUT2D eigenvalue weighted by molar-refractivity contribution is 0.0796. The van der Waals surface area contributed by atoms with Crippen LogP contribution in [0.15, 0.2) is 54.6 Å². The minimum Gasteiger partial charge on any atom is -0.497 e. The van der Waals surface area contributed by atoms with E-state index >= 15 is 0 Å². The molecule has 0 saturated heterocycles. The summed E-state index contributed by atoms with van der Waals surface area (Å²) >= 11 is 0. The number of amides is 1. The Kier molecular flexibility index (Phi) is 7.20. The standard InChI is InChI=1S/C21H24N4O2.ClH/c1-4-24(2)21(26)19-13-20(16-7-5-15(14-22)6-8-16)25(23-19)17-9-11-18(27-3)12-10-17;/h5-13H,4,14,22H2,1-3H3;1H. The number of benzene rings is 2. The van der Waals surface area contributed by atoms with Crippen molar-refractivity contribution in [1.29, 1.82) is 0 Å². The van der Waals surface area contributed by atoms with E-state index in [1.54, 1.807) is 23.7 Å². The Hall–Kier alpha value is -2.83. The number of nitrogens with zero attached hydrogens (tertiary/aromatic N) is 3. The minimum absolute atomic E-state index is 0. The second-order valence-corrected chi connectivity index (χ2v) is 6.25. The zero-order valence-electron chi connectivity index (χ0n) is 16.3. The average Bonchev–Trinajstić information content (AvgIpc) is 3.18. The molecule has 0 unspecified atom stereocenters. The smallest absolute Gasteiger partial charge is 0.274 e. The number of hydrogen-bond donors (Lipinski definition) is 1. The van der Waals surface area contributed by atoms with Crippen LogP contribution in [0.3, 0.4) is 0 Å². The number of carbonyl (C=O) groups excluding carboxylic acids is 1. The topological polar surface area (TPSA) is 73.4 Å². The molecular weight excluding hydrogens is 376 g/mol. The highest BCUT2D eigenvalue weighted by Crippen LogP contribution is 2.26. The van der Waals surface area contributed by atoms with E-state index in [9.17, 15) is 4.79 Å². The molecule has 1 aromatic heterocycles. The number of rotatable bonds is 6. The van der Waals surface area contributed by atoms with Crippen LogP contribution in [-0.2, 0) is 6.54 Å². The first-order valence-electron chi connectivity index (χ1n) is 8.86. The molecule has 0 radical (unpaired) electrons. The van der Waals surface area contributed by atoms with Gasteiger partial charge in [0.15, 0.2) is 5.69 Å². The van der Waals surface area contributed by atoms with Crippen molar-refractivity contribution >= 4 is 18.3 Å². The quantitative estimate of drug-likeness (QED) is 0.687. The van der Waals surface area contributed by atoms with Gasteiger partial charge in [-0.3, -0.25) is 4.79 Å². The number of carbonyl (C=O) groups is 1. The maximum Gasteiger partial charge on any atom is 0.274 e. The van der Waals surface area contributed by atoms with Gasteiger partial charge in [-0.25, -0.2) is 4.68 Å². The Balaban J connectivity index is 0.00000280. The molecule has 1 heterocycles. The molecule has 0 saturated carbocycles. The molecule has 0 spiro atoms. The highest BCUT2D eigenvalue weighted by atomic mass is 35.5. The first kappa shape index (κ1) is 21.5.